The number of piperidine rings is 1. The first-order valence-electron chi connectivity index (χ1n) is 10.5. The van der Waals surface area contributed by atoms with Gasteiger partial charge in [-0.15, -0.1) is 0 Å². The summed E-state index contributed by atoms with van der Waals surface area (Å²) in [6.07, 6.45) is 3.39. The molecule has 7 nitrogen and oxygen atoms in total. The predicted octanol–water partition coefficient (Wildman–Crippen LogP) is 3.83. The summed E-state index contributed by atoms with van der Waals surface area (Å²) >= 11 is 0. The maximum absolute atomic E-state index is 14.2. The second kappa shape index (κ2) is 9.00. The van der Waals surface area contributed by atoms with Crippen LogP contribution < -0.4 is 10.3 Å². The summed E-state index contributed by atoms with van der Waals surface area (Å²) in [5.41, 5.74) is 2.49. The summed E-state index contributed by atoms with van der Waals surface area (Å²) in [4.78, 5) is 6.95. The van der Waals surface area contributed by atoms with Crippen molar-refractivity contribution >= 4 is 18.8 Å². The lowest BCUT2D eigenvalue weighted by atomic mass is 10.1. The number of aromatic nitrogens is 1. The third kappa shape index (κ3) is 4.29. The van der Waals surface area contributed by atoms with Crippen LogP contribution in [-0.2, 0) is 13.8 Å². The van der Waals surface area contributed by atoms with E-state index in [9.17, 15) is 4.57 Å². The fourth-order valence-electron chi connectivity index (χ4n) is 3.88. The molecule has 1 aromatic carbocycles. The van der Waals surface area contributed by atoms with Gasteiger partial charge in [0.2, 0.25) is 17.2 Å². The molecule has 0 saturated carbocycles. The van der Waals surface area contributed by atoms with Gasteiger partial charge in [0, 0.05) is 31.7 Å². The molecule has 8 heteroatoms. The van der Waals surface area contributed by atoms with Gasteiger partial charge in [0.15, 0.2) is 0 Å². The minimum Gasteiger partial charge on any atom is -0.420 e. The zero-order chi connectivity index (χ0) is 20.3. The first-order valence-corrected chi connectivity index (χ1v) is 12.1. The Hall–Kier alpha value is -1.66. The number of morpholine rings is 1. The molecule has 0 aliphatic carbocycles. The number of aryl methyl sites for hydroxylation is 1. The molecule has 158 valence electrons. The van der Waals surface area contributed by atoms with Crippen molar-refractivity contribution in [2.45, 2.75) is 33.1 Å². The van der Waals surface area contributed by atoms with E-state index in [0.717, 1.165) is 31.5 Å². The number of hydrogen-bond acceptors (Lipinski definition) is 6. The summed E-state index contributed by atoms with van der Waals surface area (Å²) in [6.45, 7) is 8.22. The Morgan fingerprint density at radius 2 is 1.76 bits per heavy atom. The zero-order valence-electron chi connectivity index (χ0n) is 17.3. The van der Waals surface area contributed by atoms with Gasteiger partial charge in [0.25, 0.3) is 0 Å². The maximum atomic E-state index is 14.2. The Bertz CT molecular complexity index is 855. The molecule has 3 heterocycles. The second-order valence-electron chi connectivity index (χ2n) is 7.57. The van der Waals surface area contributed by atoms with Gasteiger partial charge >= 0.3 is 7.52 Å². The molecule has 0 amide bonds. The van der Waals surface area contributed by atoms with Gasteiger partial charge in [-0.1, -0.05) is 17.7 Å². The van der Waals surface area contributed by atoms with E-state index >= 15 is 0 Å². The number of hydrogen-bond donors (Lipinski definition) is 0. The smallest absolute Gasteiger partial charge is 0.326 e. The van der Waals surface area contributed by atoms with E-state index in [2.05, 4.69) is 4.90 Å². The minimum absolute atomic E-state index is 0.348. The molecule has 2 saturated heterocycles. The maximum Gasteiger partial charge on any atom is 0.326 e. The number of benzene rings is 1. The van der Waals surface area contributed by atoms with Crippen LogP contribution in [0.1, 0.15) is 31.7 Å². The van der Waals surface area contributed by atoms with E-state index in [1.807, 2.05) is 42.8 Å². The lowest BCUT2D eigenvalue weighted by molar-refractivity contribution is 0.0661. The van der Waals surface area contributed by atoms with Crippen LogP contribution in [0.25, 0.3) is 11.5 Å². The Labute approximate surface area is 172 Å². The van der Waals surface area contributed by atoms with Crippen LogP contribution in [-0.4, -0.2) is 55.7 Å². The lowest BCUT2D eigenvalue weighted by Gasteiger charge is -2.34. The van der Waals surface area contributed by atoms with Crippen LogP contribution in [0, 0.1) is 6.92 Å². The van der Waals surface area contributed by atoms with Crippen LogP contribution in [0.2, 0.25) is 0 Å². The second-order valence-corrected chi connectivity index (χ2v) is 9.85. The third-order valence-electron chi connectivity index (χ3n) is 5.47. The van der Waals surface area contributed by atoms with Crippen molar-refractivity contribution in [3.63, 3.8) is 0 Å². The monoisotopic (exact) mass is 419 g/mol. The van der Waals surface area contributed by atoms with Gasteiger partial charge in [0.1, 0.15) is 0 Å². The highest BCUT2D eigenvalue weighted by Crippen LogP contribution is 2.52. The van der Waals surface area contributed by atoms with Crippen molar-refractivity contribution in [2.24, 2.45) is 0 Å². The van der Waals surface area contributed by atoms with Crippen molar-refractivity contribution in [3.8, 4) is 11.5 Å². The molecule has 0 spiro atoms. The highest BCUT2D eigenvalue weighted by atomic mass is 31.2. The molecule has 0 unspecified atom stereocenters. The van der Waals surface area contributed by atoms with Crippen molar-refractivity contribution in [1.29, 1.82) is 0 Å². The average molecular weight is 419 g/mol. The lowest BCUT2D eigenvalue weighted by Crippen LogP contribution is -2.40. The van der Waals surface area contributed by atoms with Gasteiger partial charge in [-0.25, -0.2) is 4.67 Å². The molecule has 4 rings (SSSR count). The van der Waals surface area contributed by atoms with Gasteiger partial charge in [-0.05, 0) is 45.2 Å². The third-order valence-corrected chi connectivity index (χ3v) is 8.04. The number of anilines is 1. The normalized spacial score (nSPS) is 20.6. The number of nitrogens with zero attached hydrogens (tertiary/aromatic N) is 3. The molecular formula is C21H30N3O4P. The van der Waals surface area contributed by atoms with Gasteiger partial charge in [-0.3, -0.25) is 4.57 Å². The van der Waals surface area contributed by atoms with E-state index in [0.29, 0.717) is 50.1 Å². The largest absolute Gasteiger partial charge is 0.420 e. The summed E-state index contributed by atoms with van der Waals surface area (Å²) in [5.74, 6) is 1.09. The summed E-state index contributed by atoms with van der Waals surface area (Å²) in [7, 11) is -3.35. The van der Waals surface area contributed by atoms with Gasteiger partial charge in [0.05, 0.1) is 19.8 Å². The summed E-state index contributed by atoms with van der Waals surface area (Å²) in [5, 5.41) is 0. The Kier molecular flexibility index (Phi) is 6.40. The molecule has 0 radical (unpaired) electrons. The first-order chi connectivity index (χ1) is 14.1. The highest BCUT2D eigenvalue weighted by Gasteiger charge is 2.42. The average Bonchev–Trinajstić information content (AvgIpc) is 3.22. The van der Waals surface area contributed by atoms with Crippen molar-refractivity contribution in [3.05, 3.63) is 29.8 Å². The summed E-state index contributed by atoms with van der Waals surface area (Å²) < 4.78 is 33.8. The van der Waals surface area contributed by atoms with Crippen LogP contribution in [0.5, 0.6) is 0 Å². The van der Waals surface area contributed by atoms with E-state index in [1.54, 1.807) is 0 Å². The predicted molar refractivity (Wildman–Crippen MR) is 114 cm³/mol. The van der Waals surface area contributed by atoms with E-state index in [-0.39, 0.29) is 0 Å². The SMILES string of the molecule is CCO[P@](=O)(c1nc(-c2ccc(C)cc2)oc1N1CCCCC1)N1CCOCC1. The molecule has 2 aliphatic heterocycles. The topological polar surface area (TPSA) is 68.0 Å². The van der Waals surface area contributed by atoms with Crippen LogP contribution in [0.4, 0.5) is 5.88 Å². The van der Waals surface area contributed by atoms with E-state index in [1.165, 1.54) is 12.0 Å². The van der Waals surface area contributed by atoms with Crippen molar-refractivity contribution in [2.75, 3.05) is 50.9 Å². The molecule has 1 aromatic heterocycles. The molecule has 2 aliphatic rings. The fraction of sp³-hybridized carbons (Fsp3) is 0.571. The molecule has 1 atom stereocenters. The Morgan fingerprint density at radius 3 is 2.41 bits per heavy atom. The van der Waals surface area contributed by atoms with E-state index in [4.69, 9.17) is 18.7 Å². The standard InChI is InChI=1S/C21H30N3O4P/c1-3-27-29(25,24-13-15-26-16-14-24)20-21(23-11-5-4-6-12-23)28-19(22-20)18-9-7-17(2)8-10-18/h7-10H,3-6,11-16H2,1-2H3/t29-/m1/s1. The molecular weight excluding hydrogens is 389 g/mol. The fourth-order valence-corrected chi connectivity index (χ4v) is 6.12. The number of oxazole rings is 1. The van der Waals surface area contributed by atoms with Crippen LogP contribution in [0.15, 0.2) is 28.7 Å². The Balaban J connectivity index is 1.79. The number of ether oxygens (including phenoxy) is 1. The Morgan fingerprint density at radius 1 is 1.07 bits per heavy atom. The first kappa shape index (κ1) is 20.6. The van der Waals surface area contributed by atoms with Crippen molar-refractivity contribution in [1.82, 2.24) is 9.65 Å². The highest BCUT2D eigenvalue weighted by molar-refractivity contribution is 7.64. The van der Waals surface area contributed by atoms with Gasteiger partial charge in [-0.2, -0.15) is 4.98 Å². The molecule has 2 fully saturated rings. The molecule has 0 bridgehead atoms. The molecule has 2 aromatic rings. The minimum atomic E-state index is -3.35. The van der Waals surface area contributed by atoms with Gasteiger partial charge < -0.3 is 18.6 Å². The van der Waals surface area contributed by atoms with E-state index < -0.39 is 7.52 Å². The quantitative estimate of drug-likeness (QED) is 0.659. The number of rotatable bonds is 6. The van der Waals surface area contributed by atoms with Crippen molar-refractivity contribution < 1.29 is 18.2 Å². The summed E-state index contributed by atoms with van der Waals surface area (Å²) in [6, 6.07) is 8.05. The zero-order valence-corrected chi connectivity index (χ0v) is 18.2. The van der Waals surface area contributed by atoms with Crippen LogP contribution in [0.3, 0.4) is 0 Å². The molecule has 29 heavy (non-hydrogen) atoms. The van der Waals surface area contributed by atoms with Crippen LogP contribution >= 0.6 is 7.52 Å². The molecule has 0 N–H and O–H groups in total.